The molecular weight excluding hydrogens is 164 g/mol. The fourth-order valence-corrected chi connectivity index (χ4v) is 0.977. The first-order valence-corrected chi connectivity index (χ1v) is 4.79. The van der Waals surface area contributed by atoms with Gasteiger partial charge in [0.1, 0.15) is 5.60 Å². The van der Waals surface area contributed by atoms with Crippen LogP contribution in [0.3, 0.4) is 0 Å². The van der Waals surface area contributed by atoms with Crippen molar-refractivity contribution in [3.8, 4) is 0 Å². The fourth-order valence-electron chi connectivity index (χ4n) is 0.977. The Morgan fingerprint density at radius 1 is 1.38 bits per heavy atom. The number of hydrogen-bond acceptors (Lipinski definition) is 2. The zero-order chi connectivity index (χ0) is 10.5. The largest absolute Gasteiger partial charge is 0.457 e. The molecule has 0 aromatic heterocycles. The molecule has 0 saturated heterocycles. The maximum atomic E-state index is 11.5. The summed E-state index contributed by atoms with van der Waals surface area (Å²) >= 11 is 0. The number of allylic oxidation sites excluding steroid dienone is 1. The molecule has 76 valence electrons. The number of ether oxygens (including phenoxy) is 1. The topological polar surface area (TPSA) is 26.3 Å². The monoisotopic (exact) mass is 184 g/mol. The van der Waals surface area contributed by atoms with E-state index in [1.165, 1.54) is 0 Å². The predicted octanol–water partition coefficient (Wildman–Crippen LogP) is 3.07. The lowest BCUT2D eigenvalue weighted by atomic mass is 10.1. The highest BCUT2D eigenvalue weighted by Gasteiger charge is 2.18. The van der Waals surface area contributed by atoms with Gasteiger partial charge in [-0.2, -0.15) is 0 Å². The van der Waals surface area contributed by atoms with E-state index in [-0.39, 0.29) is 11.6 Å². The van der Waals surface area contributed by atoms with E-state index in [1.54, 1.807) is 0 Å². The lowest BCUT2D eigenvalue weighted by Crippen LogP contribution is -2.24. The number of rotatable bonds is 3. The van der Waals surface area contributed by atoms with Gasteiger partial charge in [-0.05, 0) is 34.1 Å². The first-order chi connectivity index (χ1) is 5.90. The Labute approximate surface area is 81.0 Å². The van der Waals surface area contributed by atoms with Crippen molar-refractivity contribution in [1.82, 2.24) is 0 Å². The minimum atomic E-state index is -0.390. The normalized spacial score (nSPS) is 12.8. The minimum Gasteiger partial charge on any atom is -0.457 e. The zero-order valence-electron chi connectivity index (χ0n) is 9.31. The van der Waals surface area contributed by atoms with Crippen LogP contribution >= 0.6 is 0 Å². The smallest absolute Gasteiger partial charge is 0.334 e. The van der Waals surface area contributed by atoms with Crippen molar-refractivity contribution >= 4 is 5.97 Å². The Kier molecular flexibility index (Phi) is 4.74. The van der Waals surface area contributed by atoms with Gasteiger partial charge in [0.05, 0.1) is 0 Å². The van der Waals surface area contributed by atoms with Crippen LogP contribution in [0.5, 0.6) is 0 Å². The Hall–Kier alpha value is -0.790. The quantitative estimate of drug-likeness (QED) is 0.497. The van der Waals surface area contributed by atoms with Gasteiger partial charge in [0.25, 0.3) is 0 Å². The minimum absolute atomic E-state index is 0.183. The van der Waals surface area contributed by atoms with Crippen molar-refractivity contribution in [2.75, 3.05) is 0 Å². The summed E-state index contributed by atoms with van der Waals surface area (Å²) in [6.07, 6.45) is 3.60. The molecule has 0 aromatic carbocycles. The van der Waals surface area contributed by atoms with Crippen LogP contribution in [-0.2, 0) is 9.53 Å². The second-order valence-electron chi connectivity index (χ2n) is 4.07. The lowest BCUT2D eigenvalue weighted by Gasteiger charge is -2.20. The van der Waals surface area contributed by atoms with Crippen LogP contribution in [0.4, 0.5) is 0 Å². The Morgan fingerprint density at radius 2 is 1.92 bits per heavy atom. The molecule has 0 saturated carbocycles. The second-order valence-corrected chi connectivity index (χ2v) is 4.07. The highest BCUT2D eigenvalue weighted by atomic mass is 16.6. The molecule has 0 heterocycles. The van der Waals surface area contributed by atoms with Crippen LogP contribution in [0.15, 0.2) is 11.6 Å². The van der Waals surface area contributed by atoms with Crippen LogP contribution < -0.4 is 0 Å². The standard InChI is InChI=1S/C11H20O2/c1-6-8-9(7-2)10(12)13-11(3,4)5/h7H,6,8H2,1-5H3/b9-7+. The van der Waals surface area contributed by atoms with E-state index in [9.17, 15) is 4.79 Å². The van der Waals surface area contributed by atoms with Gasteiger partial charge in [-0.25, -0.2) is 4.79 Å². The molecule has 0 aliphatic heterocycles. The maximum Gasteiger partial charge on any atom is 0.334 e. The molecule has 0 rings (SSSR count). The summed E-state index contributed by atoms with van der Waals surface area (Å²) in [5.41, 5.74) is 0.386. The highest BCUT2D eigenvalue weighted by Crippen LogP contribution is 2.13. The third-order valence-electron chi connectivity index (χ3n) is 1.53. The zero-order valence-corrected chi connectivity index (χ0v) is 9.31. The molecule has 0 amide bonds. The average molecular weight is 184 g/mol. The summed E-state index contributed by atoms with van der Waals surface area (Å²) in [7, 11) is 0. The molecule has 0 atom stereocenters. The third-order valence-corrected chi connectivity index (χ3v) is 1.53. The molecule has 0 N–H and O–H groups in total. The summed E-state index contributed by atoms with van der Waals surface area (Å²) in [5, 5.41) is 0. The van der Waals surface area contributed by atoms with E-state index in [1.807, 2.05) is 40.7 Å². The molecule has 0 unspecified atom stereocenters. The lowest BCUT2D eigenvalue weighted by molar-refractivity contribution is -0.150. The molecule has 13 heavy (non-hydrogen) atoms. The van der Waals surface area contributed by atoms with Gasteiger partial charge in [0.15, 0.2) is 0 Å². The molecule has 0 aliphatic rings. The first kappa shape index (κ1) is 12.2. The van der Waals surface area contributed by atoms with Gasteiger partial charge in [-0.15, -0.1) is 0 Å². The summed E-state index contributed by atoms with van der Waals surface area (Å²) < 4.78 is 5.24. The van der Waals surface area contributed by atoms with Crippen LogP contribution in [0.2, 0.25) is 0 Å². The summed E-state index contributed by atoms with van der Waals surface area (Å²) in [5.74, 6) is -0.183. The van der Waals surface area contributed by atoms with Gasteiger partial charge in [0, 0.05) is 5.57 Å². The Balaban J connectivity index is 4.24. The molecule has 0 aromatic rings. The van der Waals surface area contributed by atoms with Gasteiger partial charge >= 0.3 is 5.97 Å². The Bertz CT molecular complexity index is 197. The number of carbonyl (C=O) groups excluding carboxylic acids is 1. The second kappa shape index (κ2) is 5.05. The van der Waals surface area contributed by atoms with Crippen molar-refractivity contribution in [1.29, 1.82) is 0 Å². The maximum absolute atomic E-state index is 11.5. The van der Waals surface area contributed by atoms with Crippen molar-refractivity contribution in [3.63, 3.8) is 0 Å². The van der Waals surface area contributed by atoms with E-state index >= 15 is 0 Å². The van der Waals surface area contributed by atoms with Gasteiger partial charge in [-0.3, -0.25) is 0 Å². The van der Waals surface area contributed by atoms with E-state index in [0.29, 0.717) is 0 Å². The summed E-state index contributed by atoms with van der Waals surface area (Å²) in [6.45, 7) is 9.56. The van der Waals surface area contributed by atoms with Crippen molar-refractivity contribution in [2.24, 2.45) is 0 Å². The molecular formula is C11H20O2. The summed E-state index contributed by atoms with van der Waals surface area (Å²) in [6, 6.07) is 0. The molecule has 2 nitrogen and oxygen atoms in total. The van der Waals surface area contributed by atoms with Crippen molar-refractivity contribution < 1.29 is 9.53 Å². The highest BCUT2D eigenvalue weighted by molar-refractivity contribution is 5.88. The number of esters is 1. The van der Waals surface area contributed by atoms with E-state index < -0.39 is 0 Å². The van der Waals surface area contributed by atoms with Crippen molar-refractivity contribution in [2.45, 2.75) is 53.1 Å². The van der Waals surface area contributed by atoms with Crippen LogP contribution in [0.25, 0.3) is 0 Å². The predicted molar refractivity (Wildman–Crippen MR) is 54.5 cm³/mol. The SMILES string of the molecule is C/C=C(\CCC)C(=O)OC(C)(C)C. The van der Waals surface area contributed by atoms with E-state index in [4.69, 9.17) is 4.74 Å². The molecule has 0 aliphatic carbocycles. The first-order valence-electron chi connectivity index (χ1n) is 4.79. The van der Waals surface area contributed by atoms with Gasteiger partial charge in [0.2, 0.25) is 0 Å². The fraction of sp³-hybridized carbons (Fsp3) is 0.727. The van der Waals surface area contributed by atoms with Crippen LogP contribution in [0.1, 0.15) is 47.5 Å². The van der Waals surface area contributed by atoms with Crippen LogP contribution in [0, 0.1) is 0 Å². The third kappa shape index (κ3) is 5.45. The molecule has 0 spiro atoms. The van der Waals surface area contributed by atoms with Gasteiger partial charge in [-0.1, -0.05) is 19.4 Å². The molecule has 0 radical (unpaired) electrons. The average Bonchev–Trinajstić information content (AvgIpc) is 1.96. The number of hydrogen-bond donors (Lipinski definition) is 0. The van der Waals surface area contributed by atoms with Crippen molar-refractivity contribution in [3.05, 3.63) is 11.6 Å². The van der Waals surface area contributed by atoms with Crippen LogP contribution in [-0.4, -0.2) is 11.6 Å². The number of carbonyl (C=O) groups is 1. The molecule has 0 bridgehead atoms. The molecule has 0 fully saturated rings. The van der Waals surface area contributed by atoms with Gasteiger partial charge < -0.3 is 4.74 Å². The molecule has 2 heteroatoms. The van der Waals surface area contributed by atoms with E-state index in [0.717, 1.165) is 18.4 Å². The summed E-state index contributed by atoms with van der Waals surface area (Å²) in [4.78, 5) is 11.5. The van der Waals surface area contributed by atoms with E-state index in [2.05, 4.69) is 0 Å². The Morgan fingerprint density at radius 3 is 2.23 bits per heavy atom.